The zero-order chi connectivity index (χ0) is 12.8. The van der Waals surface area contributed by atoms with Gasteiger partial charge in [-0.25, -0.2) is 0 Å². The molecule has 0 N–H and O–H groups in total. The molecule has 0 amide bonds. The van der Waals surface area contributed by atoms with Crippen LogP contribution in [0.1, 0.15) is 33.1 Å². The summed E-state index contributed by atoms with van der Waals surface area (Å²) in [6, 6.07) is 8.25. The molecule has 2 rings (SSSR count). The van der Waals surface area contributed by atoms with Crippen molar-refractivity contribution in [2.45, 2.75) is 39.2 Å². The van der Waals surface area contributed by atoms with E-state index in [1.807, 2.05) is 24.3 Å². The van der Waals surface area contributed by atoms with E-state index in [1.165, 1.54) is 0 Å². The van der Waals surface area contributed by atoms with Crippen LogP contribution in [-0.4, -0.2) is 16.2 Å². The van der Waals surface area contributed by atoms with Crippen molar-refractivity contribution in [3.63, 3.8) is 0 Å². The van der Waals surface area contributed by atoms with Gasteiger partial charge >= 0.3 is 0 Å². The number of aromatic nitrogens is 2. The van der Waals surface area contributed by atoms with E-state index in [0.717, 1.165) is 30.0 Å². The van der Waals surface area contributed by atoms with Crippen molar-refractivity contribution in [1.29, 1.82) is 0 Å². The van der Waals surface area contributed by atoms with Crippen molar-refractivity contribution in [2.75, 3.05) is 0 Å². The third-order valence-corrected chi connectivity index (χ3v) is 2.96. The molecular formula is C14H18N4. The normalized spacial score (nSPS) is 13.2. The Balaban J connectivity index is 2.28. The van der Waals surface area contributed by atoms with Gasteiger partial charge in [0.25, 0.3) is 0 Å². The van der Waals surface area contributed by atoms with E-state index in [4.69, 9.17) is 0 Å². The Morgan fingerprint density at radius 3 is 2.83 bits per heavy atom. The standard InChI is InChI=1S/C14H18N4/c1-3-7-12(4-2)16-18-14-13-9-6-5-8-11(13)10-15-17-14/h5-6,8-10,12H,3-4,7H2,1-2H3. The maximum Gasteiger partial charge on any atom is 0.203 e. The van der Waals surface area contributed by atoms with Gasteiger partial charge in [-0.1, -0.05) is 44.5 Å². The van der Waals surface area contributed by atoms with E-state index >= 15 is 0 Å². The third-order valence-electron chi connectivity index (χ3n) is 2.96. The van der Waals surface area contributed by atoms with Crippen molar-refractivity contribution < 1.29 is 0 Å². The second kappa shape index (κ2) is 6.19. The topological polar surface area (TPSA) is 50.5 Å². The van der Waals surface area contributed by atoms with Gasteiger partial charge in [0.05, 0.1) is 12.2 Å². The molecule has 1 atom stereocenters. The monoisotopic (exact) mass is 242 g/mol. The number of hydrogen-bond acceptors (Lipinski definition) is 4. The number of benzene rings is 1. The Labute approximate surface area is 107 Å². The summed E-state index contributed by atoms with van der Waals surface area (Å²) in [4.78, 5) is 0. The summed E-state index contributed by atoms with van der Waals surface area (Å²) in [6.07, 6.45) is 4.95. The lowest BCUT2D eigenvalue weighted by atomic mass is 10.1. The van der Waals surface area contributed by atoms with Crippen molar-refractivity contribution in [1.82, 2.24) is 10.2 Å². The highest BCUT2D eigenvalue weighted by atomic mass is 15.2. The van der Waals surface area contributed by atoms with Crippen molar-refractivity contribution in [3.05, 3.63) is 30.5 Å². The Morgan fingerprint density at radius 2 is 2.06 bits per heavy atom. The summed E-state index contributed by atoms with van der Waals surface area (Å²) in [5.74, 6) is 0.614. The number of fused-ring (bicyclic) bond motifs is 1. The first-order valence-electron chi connectivity index (χ1n) is 6.46. The van der Waals surface area contributed by atoms with Crippen LogP contribution < -0.4 is 0 Å². The summed E-state index contributed by atoms with van der Waals surface area (Å²) in [6.45, 7) is 4.30. The van der Waals surface area contributed by atoms with Crippen LogP contribution in [0.5, 0.6) is 0 Å². The fourth-order valence-electron chi connectivity index (χ4n) is 1.90. The highest BCUT2D eigenvalue weighted by molar-refractivity contribution is 5.89. The van der Waals surface area contributed by atoms with Gasteiger partial charge < -0.3 is 0 Å². The highest BCUT2D eigenvalue weighted by Gasteiger charge is 2.04. The second-order valence-corrected chi connectivity index (χ2v) is 4.32. The summed E-state index contributed by atoms with van der Waals surface area (Å²) < 4.78 is 0. The fraction of sp³-hybridized carbons (Fsp3) is 0.429. The van der Waals surface area contributed by atoms with E-state index in [2.05, 4.69) is 34.3 Å². The quantitative estimate of drug-likeness (QED) is 0.734. The fourth-order valence-corrected chi connectivity index (χ4v) is 1.90. The summed E-state index contributed by atoms with van der Waals surface area (Å²) in [5.41, 5.74) is 0. The Bertz CT molecular complexity index is 531. The van der Waals surface area contributed by atoms with Crippen LogP contribution in [0.3, 0.4) is 0 Å². The molecule has 1 heterocycles. The minimum atomic E-state index is 0.288. The maximum absolute atomic E-state index is 4.37. The predicted octanol–water partition coefficient (Wildman–Crippen LogP) is 4.29. The highest BCUT2D eigenvalue weighted by Crippen LogP contribution is 2.22. The lowest BCUT2D eigenvalue weighted by Crippen LogP contribution is -2.00. The van der Waals surface area contributed by atoms with Crippen molar-refractivity contribution >= 4 is 16.6 Å². The number of rotatable bonds is 5. The number of nitrogens with zero attached hydrogens (tertiary/aromatic N) is 4. The maximum atomic E-state index is 4.37. The third kappa shape index (κ3) is 2.88. The molecular weight excluding hydrogens is 224 g/mol. The molecule has 0 saturated heterocycles. The first-order chi connectivity index (χ1) is 8.85. The molecule has 0 aliphatic rings. The van der Waals surface area contributed by atoms with Crippen molar-refractivity contribution in [3.8, 4) is 0 Å². The van der Waals surface area contributed by atoms with Gasteiger partial charge in [-0.15, -0.1) is 10.2 Å². The minimum Gasteiger partial charge on any atom is -0.184 e. The van der Waals surface area contributed by atoms with Gasteiger partial charge in [0.15, 0.2) is 0 Å². The smallest absolute Gasteiger partial charge is 0.184 e. The molecule has 0 radical (unpaired) electrons. The molecule has 1 aromatic heterocycles. The second-order valence-electron chi connectivity index (χ2n) is 4.32. The zero-order valence-electron chi connectivity index (χ0n) is 10.9. The Hall–Kier alpha value is -1.84. The molecule has 4 nitrogen and oxygen atoms in total. The molecule has 18 heavy (non-hydrogen) atoms. The molecule has 0 aliphatic heterocycles. The molecule has 4 heteroatoms. The minimum absolute atomic E-state index is 0.288. The van der Waals surface area contributed by atoms with Crippen LogP contribution in [-0.2, 0) is 0 Å². The summed E-state index contributed by atoms with van der Waals surface area (Å²) in [7, 11) is 0. The van der Waals surface area contributed by atoms with Crippen LogP contribution in [0.4, 0.5) is 5.82 Å². The molecule has 0 saturated carbocycles. The average Bonchev–Trinajstić information content (AvgIpc) is 2.43. The van der Waals surface area contributed by atoms with Crippen LogP contribution in [0.2, 0.25) is 0 Å². The molecule has 94 valence electrons. The van der Waals surface area contributed by atoms with Gasteiger partial charge in [-0.05, 0) is 12.8 Å². The Kier molecular flexibility index (Phi) is 4.34. The number of hydrogen-bond donors (Lipinski definition) is 0. The Morgan fingerprint density at radius 1 is 1.22 bits per heavy atom. The van der Waals surface area contributed by atoms with E-state index in [9.17, 15) is 0 Å². The van der Waals surface area contributed by atoms with Crippen molar-refractivity contribution in [2.24, 2.45) is 10.2 Å². The number of azo groups is 1. The van der Waals surface area contributed by atoms with E-state index < -0.39 is 0 Å². The molecule has 0 fully saturated rings. The van der Waals surface area contributed by atoms with E-state index in [1.54, 1.807) is 6.20 Å². The average molecular weight is 242 g/mol. The first-order valence-corrected chi connectivity index (χ1v) is 6.46. The molecule has 1 unspecified atom stereocenters. The largest absolute Gasteiger partial charge is 0.203 e. The van der Waals surface area contributed by atoms with E-state index in [0.29, 0.717) is 5.82 Å². The SMILES string of the molecule is CCCC(CC)N=Nc1nncc2ccccc12. The van der Waals surface area contributed by atoms with E-state index in [-0.39, 0.29) is 6.04 Å². The zero-order valence-corrected chi connectivity index (χ0v) is 10.9. The first kappa shape index (κ1) is 12.6. The predicted molar refractivity (Wildman–Crippen MR) is 73.0 cm³/mol. The summed E-state index contributed by atoms with van der Waals surface area (Å²) >= 11 is 0. The lowest BCUT2D eigenvalue weighted by molar-refractivity contribution is 0.566. The van der Waals surface area contributed by atoms with Gasteiger partial charge in [0.1, 0.15) is 0 Å². The van der Waals surface area contributed by atoms with Crippen LogP contribution in [0.25, 0.3) is 10.8 Å². The lowest BCUT2D eigenvalue weighted by Gasteiger charge is -2.05. The van der Waals surface area contributed by atoms with Gasteiger partial charge in [0.2, 0.25) is 5.82 Å². The van der Waals surface area contributed by atoms with Crippen LogP contribution in [0.15, 0.2) is 40.7 Å². The molecule has 0 spiro atoms. The van der Waals surface area contributed by atoms with Crippen LogP contribution in [0, 0.1) is 0 Å². The van der Waals surface area contributed by atoms with Gasteiger partial charge in [0, 0.05) is 10.8 Å². The summed E-state index contributed by atoms with van der Waals surface area (Å²) in [5, 5.41) is 18.7. The van der Waals surface area contributed by atoms with Gasteiger partial charge in [-0.3, -0.25) is 0 Å². The molecule has 0 bridgehead atoms. The molecule has 1 aromatic carbocycles. The molecule has 0 aliphatic carbocycles. The van der Waals surface area contributed by atoms with Crippen LogP contribution >= 0.6 is 0 Å². The van der Waals surface area contributed by atoms with Gasteiger partial charge in [-0.2, -0.15) is 10.2 Å². The molecule has 2 aromatic rings.